The maximum atomic E-state index is 12.0. The van der Waals surface area contributed by atoms with E-state index in [0.717, 1.165) is 10.6 Å². The van der Waals surface area contributed by atoms with E-state index in [4.69, 9.17) is 4.74 Å². The molecule has 92 valence electrons. The van der Waals surface area contributed by atoms with E-state index >= 15 is 0 Å². The average Bonchev–Trinajstić information content (AvgIpc) is 3.11. The average molecular weight is 316 g/mol. The summed E-state index contributed by atoms with van der Waals surface area (Å²) in [4.78, 5) is 14.0. The number of thiophene rings is 1. The van der Waals surface area contributed by atoms with Crippen LogP contribution in [0.25, 0.3) is 0 Å². The molecule has 2 aliphatic rings. The zero-order valence-electron chi connectivity index (χ0n) is 9.39. The van der Waals surface area contributed by atoms with Crippen molar-refractivity contribution >= 4 is 33.2 Å². The van der Waals surface area contributed by atoms with Crippen molar-refractivity contribution in [2.75, 3.05) is 11.9 Å². The van der Waals surface area contributed by atoms with E-state index in [1.54, 1.807) is 11.3 Å². The van der Waals surface area contributed by atoms with E-state index in [-0.39, 0.29) is 11.9 Å². The molecule has 1 amide bonds. The lowest BCUT2D eigenvalue weighted by Crippen LogP contribution is -2.43. The third kappa shape index (κ3) is 2.22. The fraction of sp³-hybridized carbons (Fsp3) is 0.583. The van der Waals surface area contributed by atoms with Gasteiger partial charge in [0.2, 0.25) is 5.91 Å². The minimum atomic E-state index is 0.171. The molecule has 17 heavy (non-hydrogen) atoms. The van der Waals surface area contributed by atoms with Crippen LogP contribution in [0.3, 0.4) is 0 Å². The lowest BCUT2D eigenvalue weighted by molar-refractivity contribution is -0.132. The molecule has 0 N–H and O–H groups in total. The van der Waals surface area contributed by atoms with Gasteiger partial charge in [-0.15, -0.1) is 11.3 Å². The van der Waals surface area contributed by atoms with Crippen LogP contribution < -0.4 is 4.74 Å². The van der Waals surface area contributed by atoms with E-state index in [1.807, 2.05) is 10.3 Å². The first-order valence-corrected chi connectivity index (χ1v) is 7.84. The van der Waals surface area contributed by atoms with Gasteiger partial charge in [0.05, 0.1) is 17.9 Å². The SMILES string of the molecule is O=C(CBr)N1Cc2ccsc2OCC1C1CC1. The number of nitrogens with zero attached hydrogens (tertiary/aromatic N) is 1. The smallest absolute Gasteiger partial charge is 0.233 e. The lowest BCUT2D eigenvalue weighted by Gasteiger charge is -2.28. The molecule has 1 aliphatic carbocycles. The van der Waals surface area contributed by atoms with Crippen LogP contribution in [0.2, 0.25) is 0 Å². The van der Waals surface area contributed by atoms with E-state index in [1.165, 1.54) is 12.8 Å². The summed E-state index contributed by atoms with van der Waals surface area (Å²) >= 11 is 4.90. The molecule has 1 fully saturated rings. The Hall–Kier alpha value is -0.550. The summed E-state index contributed by atoms with van der Waals surface area (Å²) in [7, 11) is 0. The number of carbonyl (C=O) groups is 1. The number of halogens is 1. The molecule has 1 aromatic rings. The molecule has 3 rings (SSSR count). The third-order valence-corrected chi connectivity index (χ3v) is 4.78. The van der Waals surface area contributed by atoms with E-state index in [2.05, 4.69) is 22.0 Å². The van der Waals surface area contributed by atoms with Gasteiger partial charge in [-0.2, -0.15) is 0 Å². The first-order valence-electron chi connectivity index (χ1n) is 5.84. The number of carbonyl (C=O) groups excluding carboxylic acids is 1. The Balaban J connectivity index is 1.87. The topological polar surface area (TPSA) is 29.5 Å². The van der Waals surface area contributed by atoms with Crippen molar-refractivity contribution in [2.45, 2.75) is 25.4 Å². The van der Waals surface area contributed by atoms with Crippen LogP contribution in [0.4, 0.5) is 0 Å². The molecular weight excluding hydrogens is 302 g/mol. The van der Waals surface area contributed by atoms with Crippen molar-refractivity contribution in [1.82, 2.24) is 4.90 Å². The first-order chi connectivity index (χ1) is 8.29. The molecule has 1 aromatic heterocycles. The van der Waals surface area contributed by atoms with Gasteiger partial charge < -0.3 is 9.64 Å². The van der Waals surface area contributed by atoms with Crippen LogP contribution in [0.15, 0.2) is 11.4 Å². The molecule has 0 aromatic carbocycles. The second-order valence-corrected chi connectivity index (χ2v) is 6.04. The summed E-state index contributed by atoms with van der Waals surface area (Å²) in [6, 6.07) is 2.32. The molecule has 1 saturated carbocycles. The molecule has 3 nitrogen and oxygen atoms in total. The predicted molar refractivity (Wildman–Crippen MR) is 70.7 cm³/mol. The highest BCUT2D eigenvalue weighted by Gasteiger charge is 2.39. The zero-order chi connectivity index (χ0) is 11.8. The highest BCUT2D eigenvalue weighted by molar-refractivity contribution is 9.09. The van der Waals surface area contributed by atoms with Crippen LogP contribution in [-0.2, 0) is 11.3 Å². The van der Waals surface area contributed by atoms with Gasteiger partial charge in [0, 0.05) is 5.56 Å². The van der Waals surface area contributed by atoms with Crippen molar-refractivity contribution < 1.29 is 9.53 Å². The van der Waals surface area contributed by atoms with E-state index in [9.17, 15) is 4.79 Å². The van der Waals surface area contributed by atoms with Crippen molar-refractivity contribution in [3.63, 3.8) is 0 Å². The summed E-state index contributed by atoms with van der Waals surface area (Å²) in [6.45, 7) is 1.35. The minimum absolute atomic E-state index is 0.171. The van der Waals surface area contributed by atoms with Crippen LogP contribution in [0.5, 0.6) is 5.06 Å². The fourth-order valence-corrected chi connectivity index (χ4v) is 3.44. The van der Waals surface area contributed by atoms with E-state index in [0.29, 0.717) is 24.4 Å². The number of rotatable bonds is 2. The van der Waals surface area contributed by atoms with Crippen LogP contribution in [0.1, 0.15) is 18.4 Å². The predicted octanol–water partition coefficient (Wildman–Crippen LogP) is 2.64. The van der Waals surface area contributed by atoms with Crippen LogP contribution in [-0.4, -0.2) is 28.8 Å². The molecule has 1 atom stereocenters. The Morgan fingerprint density at radius 2 is 2.41 bits per heavy atom. The van der Waals surface area contributed by atoms with Gasteiger partial charge in [-0.25, -0.2) is 0 Å². The number of amides is 1. The van der Waals surface area contributed by atoms with Gasteiger partial charge in [0.25, 0.3) is 0 Å². The number of alkyl halides is 1. The second-order valence-electron chi connectivity index (χ2n) is 4.60. The minimum Gasteiger partial charge on any atom is -0.482 e. The van der Waals surface area contributed by atoms with Crippen molar-refractivity contribution in [2.24, 2.45) is 5.92 Å². The summed E-state index contributed by atoms with van der Waals surface area (Å²) in [5.41, 5.74) is 1.15. The summed E-state index contributed by atoms with van der Waals surface area (Å²) in [5.74, 6) is 0.816. The molecule has 0 spiro atoms. The van der Waals surface area contributed by atoms with Gasteiger partial charge >= 0.3 is 0 Å². The summed E-state index contributed by atoms with van der Waals surface area (Å²) < 4.78 is 5.84. The molecule has 1 unspecified atom stereocenters. The van der Waals surface area contributed by atoms with Crippen molar-refractivity contribution in [3.8, 4) is 5.06 Å². The standard InChI is InChI=1S/C12H14BrNO2S/c13-5-11(15)14-6-9-3-4-17-12(9)16-7-10(14)8-1-2-8/h3-4,8,10H,1-2,5-7H2. The largest absolute Gasteiger partial charge is 0.482 e. The number of hydrogen-bond acceptors (Lipinski definition) is 3. The molecule has 0 bridgehead atoms. The first kappa shape index (κ1) is 11.5. The second kappa shape index (κ2) is 4.61. The highest BCUT2D eigenvalue weighted by Crippen LogP contribution is 2.39. The maximum absolute atomic E-state index is 12.0. The number of fused-ring (bicyclic) bond motifs is 1. The van der Waals surface area contributed by atoms with Crippen LogP contribution in [0, 0.1) is 5.92 Å². The Morgan fingerprint density at radius 3 is 3.12 bits per heavy atom. The van der Waals surface area contributed by atoms with Crippen molar-refractivity contribution in [1.29, 1.82) is 0 Å². The zero-order valence-corrected chi connectivity index (χ0v) is 11.8. The van der Waals surface area contributed by atoms with Gasteiger partial charge in [0.1, 0.15) is 6.61 Å². The summed E-state index contributed by atoms with van der Waals surface area (Å²) in [6.07, 6.45) is 2.46. The third-order valence-electron chi connectivity index (χ3n) is 3.43. The normalized spacial score (nSPS) is 23.8. The van der Waals surface area contributed by atoms with E-state index < -0.39 is 0 Å². The lowest BCUT2D eigenvalue weighted by atomic mass is 10.1. The molecule has 0 saturated heterocycles. The van der Waals surface area contributed by atoms with Gasteiger partial charge in [-0.3, -0.25) is 4.79 Å². The van der Waals surface area contributed by atoms with Crippen LogP contribution >= 0.6 is 27.3 Å². The quantitative estimate of drug-likeness (QED) is 0.785. The fourth-order valence-electron chi connectivity index (χ4n) is 2.34. The highest BCUT2D eigenvalue weighted by atomic mass is 79.9. The Kier molecular flexibility index (Phi) is 3.13. The van der Waals surface area contributed by atoms with Gasteiger partial charge in [-0.1, -0.05) is 15.9 Å². The van der Waals surface area contributed by atoms with Gasteiger partial charge in [0.15, 0.2) is 5.06 Å². The molecule has 1 aliphatic heterocycles. The summed E-state index contributed by atoms with van der Waals surface area (Å²) in [5, 5.41) is 3.41. The Labute approximate surface area is 113 Å². The molecule has 5 heteroatoms. The monoisotopic (exact) mass is 315 g/mol. The Bertz CT molecular complexity index is 430. The number of hydrogen-bond donors (Lipinski definition) is 0. The molecule has 0 radical (unpaired) electrons. The number of ether oxygens (including phenoxy) is 1. The van der Waals surface area contributed by atoms with Crippen molar-refractivity contribution in [3.05, 3.63) is 17.0 Å². The molecular formula is C12H14BrNO2S. The molecule has 2 heterocycles. The maximum Gasteiger partial charge on any atom is 0.233 e. The Morgan fingerprint density at radius 1 is 1.59 bits per heavy atom. The van der Waals surface area contributed by atoms with Gasteiger partial charge in [-0.05, 0) is 30.2 Å².